The molecule has 0 radical (unpaired) electrons. The Morgan fingerprint density at radius 3 is 2.61 bits per heavy atom. The highest BCUT2D eigenvalue weighted by atomic mass is 35.5. The van der Waals surface area contributed by atoms with Gasteiger partial charge in [-0.25, -0.2) is 0 Å². The van der Waals surface area contributed by atoms with Gasteiger partial charge in [0.2, 0.25) is 0 Å². The third kappa shape index (κ3) is 3.79. The number of carbonyl (C=O) groups excluding carboxylic acids is 1. The van der Waals surface area contributed by atoms with Crippen molar-refractivity contribution >= 4 is 28.5 Å². The molecule has 5 nitrogen and oxygen atoms in total. The molecule has 1 fully saturated rings. The highest BCUT2D eigenvalue weighted by molar-refractivity contribution is 6.32. The molecule has 5 rings (SSSR count). The van der Waals surface area contributed by atoms with Crippen molar-refractivity contribution in [2.45, 2.75) is 46.2 Å². The monoisotopic (exact) mass is 437 g/mol. The number of aryl methyl sites for hydroxylation is 2. The van der Waals surface area contributed by atoms with E-state index < -0.39 is 0 Å². The first-order valence-electron chi connectivity index (χ1n) is 10.5. The van der Waals surface area contributed by atoms with Crippen molar-refractivity contribution < 1.29 is 18.0 Å². The second-order valence-corrected chi connectivity index (χ2v) is 8.93. The predicted molar refractivity (Wildman–Crippen MR) is 118 cm³/mol. The lowest BCUT2D eigenvalue weighted by atomic mass is 10.1. The number of nitrogens with zero attached hydrogens (tertiary/aromatic N) is 1. The van der Waals surface area contributed by atoms with Crippen LogP contribution in [-0.2, 0) is 13.1 Å². The van der Waals surface area contributed by atoms with Crippen LogP contribution >= 0.6 is 11.6 Å². The second-order valence-electron chi connectivity index (χ2n) is 8.52. The van der Waals surface area contributed by atoms with Gasteiger partial charge >= 0.3 is 0 Å². The molecule has 2 atom stereocenters. The van der Waals surface area contributed by atoms with Crippen molar-refractivity contribution in [2.24, 2.45) is 5.92 Å². The molecule has 0 bridgehead atoms. The van der Waals surface area contributed by atoms with Gasteiger partial charge in [0.15, 0.2) is 5.76 Å². The number of hydrogen-bond donors (Lipinski definition) is 0. The Morgan fingerprint density at radius 2 is 1.90 bits per heavy atom. The average molecular weight is 438 g/mol. The van der Waals surface area contributed by atoms with Gasteiger partial charge in [-0.3, -0.25) is 4.79 Å². The Balaban J connectivity index is 1.47. The zero-order valence-corrected chi connectivity index (χ0v) is 18.5. The molecule has 31 heavy (non-hydrogen) atoms. The van der Waals surface area contributed by atoms with Crippen LogP contribution in [0, 0.1) is 19.8 Å². The van der Waals surface area contributed by atoms with E-state index >= 15 is 0 Å². The number of fused-ring (bicyclic) bond motifs is 1. The summed E-state index contributed by atoms with van der Waals surface area (Å²) in [5.74, 6) is 3.70. The Kier molecular flexibility index (Phi) is 4.94. The molecule has 4 aromatic rings. The summed E-state index contributed by atoms with van der Waals surface area (Å²) in [7, 11) is 0. The molecule has 2 unspecified atom stereocenters. The summed E-state index contributed by atoms with van der Waals surface area (Å²) in [4.78, 5) is 15.2. The molecule has 160 valence electrons. The summed E-state index contributed by atoms with van der Waals surface area (Å²) in [6, 6.07) is 11.4. The number of rotatable bonds is 6. The zero-order chi connectivity index (χ0) is 21.7. The van der Waals surface area contributed by atoms with Crippen molar-refractivity contribution in [2.75, 3.05) is 0 Å². The third-order valence-electron chi connectivity index (χ3n) is 6.13. The second kappa shape index (κ2) is 7.65. The van der Waals surface area contributed by atoms with Crippen molar-refractivity contribution in [3.8, 4) is 0 Å². The normalized spacial score (nSPS) is 17.9. The maximum atomic E-state index is 13.6. The van der Waals surface area contributed by atoms with E-state index in [1.165, 1.54) is 0 Å². The number of carbonyl (C=O) groups is 1. The summed E-state index contributed by atoms with van der Waals surface area (Å²) in [6.07, 6.45) is 2.76. The van der Waals surface area contributed by atoms with E-state index in [1.54, 1.807) is 11.2 Å². The van der Waals surface area contributed by atoms with Crippen LogP contribution in [0.3, 0.4) is 0 Å². The van der Waals surface area contributed by atoms with Gasteiger partial charge in [0.25, 0.3) is 5.91 Å². The fourth-order valence-corrected chi connectivity index (χ4v) is 4.23. The summed E-state index contributed by atoms with van der Waals surface area (Å²) in [5, 5.41) is 1.50. The minimum absolute atomic E-state index is 0.211. The predicted octanol–water partition coefficient (Wildman–Crippen LogP) is 6.86. The van der Waals surface area contributed by atoms with Crippen LogP contribution < -0.4 is 0 Å². The highest BCUT2D eigenvalue weighted by Crippen LogP contribution is 2.47. The zero-order valence-electron chi connectivity index (χ0n) is 17.8. The fraction of sp³-hybridized carbons (Fsp3) is 0.320. The van der Waals surface area contributed by atoms with Gasteiger partial charge < -0.3 is 18.2 Å². The molecule has 1 aliphatic rings. The Bertz CT molecular complexity index is 1250. The van der Waals surface area contributed by atoms with Gasteiger partial charge in [-0.2, -0.15) is 0 Å². The molecule has 3 aromatic heterocycles. The molecule has 0 N–H and O–H groups in total. The summed E-state index contributed by atoms with van der Waals surface area (Å²) in [5.41, 5.74) is 2.34. The molecular weight excluding hydrogens is 414 g/mol. The topological polar surface area (TPSA) is 59.7 Å². The number of benzene rings is 1. The standard InChI is InChI=1S/C25H24ClNO4/c1-14-9-19(14)22-7-6-18(30-22)13-27(12-17-5-4-8-29-17)25(28)24-16(3)20-11-21(26)15(2)10-23(20)31-24/h4-8,10-11,14,19H,9,12-13H2,1-3H3. The van der Waals surface area contributed by atoms with Crippen LogP contribution in [0.2, 0.25) is 5.02 Å². The van der Waals surface area contributed by atoms with Crippen molar-refractivity contribution in [3.05, 3.63) is 81.9 Å². The average Bonchev–Trinajstić information content (AvgIpc) is 3.14. The molecule has 6 heteroatoms. The van der Waals surface area contributed by atoms with Gasteiger partial charge in [0, 0.05) is 21.9 Å². The minimum Gasteiger partial charge on any atom is -0.467 e. The molecular formula is C25H24ClNO4. The first-order valence-corrected chi connectivity index (χ1v) is 10.9. The molecule has 1 aromatic carbocycles. The lowest BCUT2D eigenvalue weighted by molar-refractivity contribution is 0.0673. The van der Waals surface area contributed by atoms with E-state index in [9.17, 15) is 4.79 Å². The van der Waals surface area contributed by atoms with Crippen LogP contribution in [0.5, 0.6) is 0 Å². The van der Waals surface area contributed by atoms with Crippen LogP contribution in [0.25, 0.3) is 11.0 Å². The highest BCUT2D eigenvalue weighted by Gasteiger charge is 2.36. The quantitative estimate of drug-likeness (QED) is 0.330. The molecule has 1 amide bonds. The molecule has 0 saturated heterocycles. The number of halogens is 1. The van der Waals surface area contributed by atoms with Crippen LogP contribution in [0.1, 0.15) is 58.2 Å². The minimum atomic E-state index is -0.211. The van der Waals surface area contributed by atoms with Gasteiger partial charge in [0.1, 0.15) is 22.9 Å². The van der Waals surface area contributed by atoms with Gasteiger partial charge in [-0.1, -0.05) is 18.5 Å². The van der Waals surface area contributed by atoms with E-state index in [0.717, 1.165) is 34.5 Å². The summed E-state index contributed by atoms with van der Waals surface area (Å²) in [6.45, 7) is 6.67. The van der Waals surface area contributed by atoms with Crippen LogP contribution in [-0.4, -0.2) is 10.8 Å². The van der Waals surface area contributed by atoms with Crippen molar-refractivity contribution in [3.63, 3.8) is 0 Å². The SMILES string of the molecule is Cc1cc2oc(C(=O)N(Cc3ccco3)Cc3ccc(C4CC4C)o3)c(C)c2cc1Cl. The van der Waals surface area contributed by atoms with E-state index in [-0.39, 0.29) is 5.91 Å². The van der Waals surface area contributed by atoms with Gasteiger partial charge in [-0.05, 0) is 68.1 Å². The van der Waals surface area contributed by atoms with Crippen LogP contribution in [0.4, 0.5) is 0 Å². The first-order chi connectivity index (χ1) is 14.9. The Hall–Kier alpha value is -2.92. The molecule has 1 saturated carbocycles. The largest absolute Gasteiger partial charge is 0.467 e. The van der Waals surface area contributed by atoms with Gasteiger partial charge in [-0.15, -0.1) is 0 Å². The fourth-order valence-electron chi connectivity index (χ4n) is 4.06. The maximum absolute atomic E-state index is 13.6. The molecule has 0 aliphatic heterocycles. The van der Waals surface area contributed by atoms with E-state index in [4.69, 9.17) is 24.9 Å². The molecule has 0 spiro atoms. The van der Waals surface area contributed by atoms with E-state index in [2.05, 4.69) is 6.92 Å². The lowest BCUT2D eigenvalue weighted by Gasteiger charge is -2.20. The van der Waals surface area contributed by atoms with Crippen molar-refractivity contribution in [1.82, 2.24) is 4.90 Å². The Labute approximate surface area is 185 Å². The number of hydrogen-bond acceptors (Lipinski definition) is 4. The van der Waals surface area contributed by atoms with Gasteiger partial charge in [0.05, 0.1) is 19.4 Å². The molecule has 1 aliphatic carbocycles. The van der Waals surface area contributed by atoms with Crippen molar-refractivity contribution in [1.29, 1.82) is 0 Å². The first kappa shape index (κ1) is 20.0. The van der Waals surface area contributed by atoms with Crippen LogP contribution in [0.15, 0.2) is 55.9 Å². The summed E-state index contributed by atoms with van der Waals surface area (Å²) < 4.78 is 17.6. The summed E-state index contributed by atoms with van der Waals surface area (Å²) >= 11 is 6.29. The Morgan fingerprint density at radius 1 is 1.13 bits per heavy atom. The van der Waals surface area contributed by atoms with E-state index in [0.29, 0.717) is 47.1 Å². The smallest absolute Gasteiger partial charge is 0.290 e. The van der Waals surface area contributed by atoms with E-state index in [1.807, 2.05) is 50.2 Å². The number of amides is 1. The maximum Gasteiger partial charge on any atom is 0.290 e. The number of furan rings is 3. The molecule has 3 heterocycles. The third-order valence-corrected chi connectivity index (χ3v) is 6.54. The lowest BCUT2D eigenvalue weighted by Crippen LogP contribution is -2.30.